The Morgan fingerprint density at radius 1 is 1.21 bits per heavy atom. The number of carbonyl (C=O) groups excluding carboxylic acids is 3. The zero-order chi connectivity index (χ0) is 23.9. The summed E-state index contributed by atoms with van der Waals surface area (Å²) in [7, 11) is 1.27. The Kier molecular flexibility index (Phi) is 5.84. The standard InChI is InChI=1S/C24H28N4O5/c1-13-14-8-9-17(16(14)7-6-15(13)22(30)33-24(2,3)4)27-21(29)19-12-18(23(31)32-5)26-20-10-11-25-28(19)20/h6-7,10,12,17,25H,8-9,11H2,1-5H3,(H,27,29)/t17-/m0/s1. The molecule has 33 heavy (non-hydrogen) atoms. The SMILES string of the molecule is COC(=O)C1=NC2=CCNN2C(C(=O)N[C@H]2CCc3c2ccc(C(=O)OC(C)(C)C)c3C)=C1. The third-order valence-electron chi connectivity index (χ3n) is 5.76. The maximum absolute atomic E-state index is 13.2. The van der Waals surface area contributed by atoms with Crippen molar-refractivity contribution in [3.63, 3.8) is 0 Å². The van der Waals surface area contributed by atoms with Gasteiger partial charge < -0.3 is 14.8 Å². The molecule has 0 saturated heterocycles. The first-order valence-electron chi connectivity index (χ1n) is 10.9. The van der Waals surface area contributed by atoms with Crippen LogP contribution in [0.5, 0.6) is 0 Å². The second-order valence-corrected chi connectivity index (χ2v) is 9.15. The highest BCUT2D eigenvalue weighted by Gasteiger charge is 2.34. The Morgan fingerprint density at radius 2 is 1.97 bits per heavy atom. The summed E-state index contributed by atoms with van der Waals surface area (Å²) in [5.41, 5.74) is 6.28. The summed E-state index contributed by atoms with van der Waals surface area (Å²) in [5, 5.41) is 4.63. The van der Waals surface area contributed by atoms with Gasteiger partial charge in [0, 0.05) is 12.6 Å². The van der Waals surface area contributed by atoms with E-state index in [9.17, 15) is 14.4 Å². The first kappa shape index (κ1) is 22.7. The molecule has 3 aliphatic rings. The van der Waals surface area contributed by atoms with Crippen molar-refractivity contribution in [2.24, 2.45) is 4.99 Å². The van der Waals surface area contributed by atoms with Crippen molar-refractivity contribution in [1.29, 1.82) is 0 Å². The minimum absolute atomic E-state index is 0.0681. The molecule has 2 N–H and O–H groups in total. The largest absolute Gasteiger partial charge is 0.464 e. The van der Waals surface area contributed by atoms with Gasteiger partial charge in [0.05, 0.1) is 18.7 Å². The Balaban J connectivity index is 1.55. The van der Waals surface area contributed by atoms with Crippen molar-refractivity contribution in [2.45, 2.75) is 52.2 Å². The van der Waals surface area contributed by atoms with Crippen molar-refractivity contribution in [3.05, 3.63) is 58.1 Å². The average Bonchev–Trinajstić information content (AvgIpc) is 3.38. The van der Waals surface area contributed by atoms with Crippen molar-refractivity contribution in [1.82, 2.24) is 15.8 Å². The third-order valence-corrected chi connectivity index (χ3v) is 5.76. The van der Waals surface area contributed by atoms with E-state index in [1.807, 2.05) is 33.8 Å². The molecule has 0 aromatic heterocycles. The Labute approximate surface area is 192 Å². The fraction of sp³-hybridized carbons (Fsp3) is 0.417. The lowest BCUT2D eigenvalue weighted by molar-refractivity contribution is -0.132. The molecule has 0 radical (unpaired) electrons. The van der Waals surface area contributed by atoms with Crippen molar-refractivity contribution in [3.8, 4) is 0 Å². The van der Waals surface area contributed by atoms with Gasteiger partial charge in [0.2, 0.25) is 0 Å². The van der Waals surface area contributed by atoms with Crippen molar-refractivity contribution >= 4 is 23.6 Å². The number of rotatable bonds is 4. The van der Waals surface area contributed by atoms with Crippen LogP contribution < -0.4 is 10.7 Å². The number of fused-ring (bicyclic) bond motifs is 2. The van der Waals surface area contributed by atoms with Gasteiger partial charge in [0.1, 0.15) is 17.1 Å². The summed E-state index contributed by atoms with van der Waals surface area (Å²) >= 11 is 0. The van der Waals surface area contributed by atoms with Gasteiger partial charge in [-0.05, 0) is 69.4 Å². The molecule has 0 unspecified atom stereocenters. The molecule has 2 heterocycles. The van der Waals surface area contributed by atoms with E-state index in [0.29, 0.717) is 24.4 Å². The van der Waals surface area contributed by atoms with Gasteiger partial charge in [-0.3, -0.25) is 9.80 Å². The number of methoxy groups -OCH3 is 1. The molecule has 9 heteroatoms. The Morgan fingerprint density at radius 3 is 2.67 bits per heavy atom. The van der Waals surface area contributed by atoms with E-state index in [4.69, 9.17) is 9.47 Å². The van der Waals surface area contributed by atoms with Gasteiger partial charge in [-0.1, -0.05) is 6.07 Å². The normalized spacial score (nSPS) is 19.1. The Bertz CT molecular complexity index is 1130. The van der Waals surface area contributed by atoms with E-state index >= 15 is 0 Å². The van der Waals surface area contributed by atoms with Crippen LogP contribution in [0, 0.1) is 6.92 Å². The quantitative estimate of drug-likeness (QED) is 0.674. The number of benzene rings is 1. The second-order valence-electron chi connectivity index (χ2n) is 9.15. The molecule has 0 bridgehead atoms. The molecule has 2 aliphatic heterocycles. The van der Waals surface area contributed by atoms with Gasteiger partial charge in [-0.25, -0.2) is 20.0 Å². The van der Waals surface area contributed by atoms with Crippen molar-refractivity contribution < 1.29 is 23.9 Å². The summed E-state index contributed by atoms with van der Waals surface area (Å²) in [6.07, 6.45) is 4.66. The molecule has 9 nitrogen and oxygen atoms in total. The van der Waals surface area contributed by atoms with E-state index < -0.39 is 11.6 Å². The summed E-state index contributed by atoms with van der Waals surface area (Å²) in [5.74, 6) is -0.813. The van der Waals surface area contributed by atoms with E-state index in [2.05, 4.69) is 15.7 Å². The molecule has 0 spiro atoms. The molecule has 1 aromatic rings. The molecule has 0 saturated carbocycles. The van der Waals surface area contributed by atoms with Crippen LogP contribution in [0.1, 0.15) is 60.3 Å². The number of nitrogens with zero attached hydrogens (tertiary/aromatic N) is 2. The van der Waals surface area contributed by atoms with E-state index in [-0.39, 0.29) is 29.3 Å². The monoisotopic (exact) mass is 452 g/mol. The van der Waals surface area contributed by atoms with Gasteiger partial charge in [0.25, 0.3) is 5.91 Å². The Hall–Kier alpha value is -3.46. The number of hydrogen-bond acceptors (Lipinski definition) is 8. The minimum Gasteiger partial charge on any atom is -0.464 e. The fourth-order valence-corrected chi connectivity index (χ4v) is 4.25. The lowest BCUT2D eigenvalue weighted by atomic mass is 9.97. The minimum atomic E-state index is -0.607. The van der Waals surface area contributed by atoms with Gasteiger partial charge in [-0.15, -0.1) is 0 Å². The molecule has 1 amide bonds. The fourth-order valence-electron chi connectivity index (χ4n) is 4.25. The summed E-state index contributed by atoms with van der Waals surface area (Å²) in [6, 6.07) is 3.43. The second kappa shape index (κ2) is 8.47. The number of hydrazine groups is 1. The number of carbonyl (C=O) groups is 3. The number of aliphatic imine (C=N–C) groups is 1. The van der Waals surface area contributed by atoms with Crippen LogP contribution in [0.4, 0.5) is 0 Å². The summed E-state index contributed by atoms with van der Waals surface area (Å²) < 4.78 is 10.3. The topological polar surface area (TPSA) is 109 Å². The van der Waals surface area contributed by atoms with E-state index in [1.165, 1.54) is 13.2 Å². The highest BCUT2D eigenvalue weighted by Crippen LogP contribution is 2.35. The zero-order valence-electron chi connectivity index (χ0n) is 19.4. The maximum Gasteiger partial charge on any atom is 0.356 e. The molecule has 174 valence electrons. The molecule has 0 fully saturated rings. The van der Waals surface area contributed by atoms with E-state index in [0.717, 1.165) is 23.1 Å². The van der Waals surface area contributed by atoms with Crippen LogP contribution >= 0.6 is 0 Å². The predicted octanol–water partition coefficient (Wildman–Crippen LogP) is 2.23. The summed E-state index contributed by atoms with van der Waals surface area (Å²) in [4.78, 5) is 42.1. The van der Waals surface area contributed by atoms with Crippen LogP contribution in [-0.4, -0.2) is 47.8 Å². The molecular formula is C24H28N4O5. The number of esters is 2. The molecule has 1 atom stereocenters. The van der Waals surface area contributed by atoms with Crippen LogP contribution in [0.2, 0.25) is 0 Å². The van der Waals surface area contributed by atoms with Gasteiger partial charge >= 0.3 is 11.9 Å². The van der Waals surface area contributed by atoms with E-state index in [1.54, 1.807) is 17.2 Å². The smallest absolute Gasteiger partial charge is 0.356 e. The lowest BCUT2D eigenvalue weighted by Crippen LogP contribution is -2.42. The molecule has 1 aliphatic carbocycles. The first-order valence-corrected chi connectivity index (χ1v) is 10.9. The highest BCUT2D eigenvalue weighted by atomic mass is 16.6. The molecule has 4 rings (SSSR count). The molecular weight excluding hydrogens is 424 g/mol. The lowest BCUT2D eigenvalue weighted by Gasteiger charge is -2.27. The zero-order valence-corrected chi connectivity index (χ0v) is 19.4. The first-order chi connectivity index (χ1) is 15.6. The number of amides is 1. The van der Waals surface area contributed by atoms with Crippen LogP contribution in [0.3, 0.4) is 0 Å². The number of ether oxygens (including phenoxy) is 2. The van der Waals surface area contributed by atoms with Crippen molar-refractivity contribution in [2.75, 3.05) is 13.7 Å². The van der Waals surface area contributed by atoms with Crippen LogP contribution in [0.25, 0.3) is 0 Å². The number of hydrogen-bond donors (Lipinski definition) is 2. The predicted molar refractivity (Wildman–Crippen MR) is 121 cm³/mol. The maximum atomic E-state index is 13.2. The van der Waals surface area contributed by atoms with Gasteiger partial charge in [-0.2, -0.15) is 0 Å². The van der Waals surface area contributed by atoms with Gasteiger partial charge in [0.15, 0.2) is 5.71 Å². The summed E-state index contributed by atoms with van der Waals surface area (Å²) in [6.45, 7) is 7.93. The average molecular weight is 453 g/mol. The number of nitrogens with one attached hydrogen (secondary N) is 2. The highest BCUT2D eigenvalue weighted by molar-refractivity contribution is 6.42. The van der Waals surface area contributed by atoms with Crippen LogP contribution in [0.15, 0.2) is 40.8 Å². The molecule has 1 aromatic carbocycles. The van der Waals surface area contributed by atoms with Crippen LogP contribution in [-0.2, 0) is 25.5 Å². The third kappa shape index (κ3) is 4.41.